The van der Waals surface area contributed by atoms with Crippen molar-refractivity contribution in [3.8, 4) is 11.5 Å². The molecule has 0 atom stereocenters. The monoisotopic (exact) mass is 531 g/mol. The van der Waals surface area contributed by atoms with Gasteiger partial charge in [0, 0.05) is 19.3 Å². The quantitative estimate of drug-likeness (QED) is 0.195. The summed E-state index contributed by atoms with van der Waals surface area (Å²) in [6.07, 6.45) is 8.79. The number of unbranched alkanes of at least 4 members (excludes halogenated alkanes) is 5. The Balaban J connectivity index is 1.61. The highest BCUT2D eigenvalue weighted by molar-refractivity contribution is 5.96. The van der Waals surface area contributed by atoms with Gasteiger partial charge in [0.15, 0.2) is 11.5 Å². The fourth-order valence-electron chi connectivity index (χ4n) is 4.78. The Labute approximate surface area is 227 Å². The highest BCUT2D eigenvalue weighted by atomic mass is 16.5. The molecule has 0 bridgehead atoms. The van der Waals surface area contributed by atoms with Crippen LogP contribution < -0.4 is 25.8 Å². The average Bonchev–Trinajstić information content (AvgIpc) is 2.95. The third-order valence-electron chi connectivity index (χ3n) is 6.95. The maximum Gasteiger partial charge on any atom is 0.267 e. The molecular weight excluding hydrogens is 494 g/mol. The second-order valence-corrected chi connectivity index (χ2v) is 9.60. The summed E-state index contributed by atoms with van der Waals surface area (Å²) in [6, 6.07) is 12.5. The highest BCUT2D eigenvalue weighted by Gasteiger charge is 2.17. The molecule has 9 heteroatoms. The Bertz CT molecular complexity index is 1570. The third kappa shape index (κ3) is 6.30. The van der Waals surface area contributed by atoms with Gasteiger partial charge in [-0.15, -0.1) is 0 Å². The molecule has 0 aliphatic heterocycles. The molecule has 3 heterocycles. The largest absolute Gasteiger partial charge is 0.493 e. The first-order valence-corrected chi connectivity index (χ1v) is 13.6. The lowest BCUT2D eigenvalue weighted by Crippen LogP contribution is -2.35. The first-order valence-electron chi connectivity index (χ1n) is 13.6. The van der Waals surface area contributed by atoms with E-state index < -0.39 is 5.91 Å². The first-order chi connectivity index (χ1) is 19.0. The molecule has 4 rings (SSSR count). The number of fused-ring (bicyclic) bond motifs is 2. The van der Waals surface area contributed by atoms with E-state index in [2.05, 4.69) is 12.2 Å². The van der Waals surface area contributed by atoms with Gasteiger partial charge in [-0.1, -0.05) is 51.2 Å². The molecule has 0 unspecified atom stereocenters. The lowest BCUT2D eigenvalue weighted by Gasteiger charge is -2.15. The zero-order chi connectivity index (χ0) is 27.8. The molecule has 0 aliphatic carbocycles. The van der Waals surface area contributed by atoms with E-state index in [0.29, 0.717) is 47.7 Å². The summed E-state index contributed by atoms with van der Waals surface area (Å²) in [7, 11) is 3.17. The molecule has 1 amide bonds. The van der Waals surface area contributed by atoms with Crippen molar-refractivity contribution in [1.29, 1.82) is 5.41 Å². The smallest absolute Gasteiger partial charge is 0.267 e. The van der Waals surface area contributed by atoms with Crippen LogP contribution in [0.1, 0.15) is 61.4 Å². The standard InChI is InChI=1S/C30H37N5O4/c1-4-5-6-7-8-10-18-35-27(31)22(20-23-28(35)33-26-12-9-11-17-34(26)30(23)37)29(36)32-16-15-21-13-14-24(38-2)25(19-21)39-3/h9,11-14,17,19-20,31H,4-8,10,15-16,18H2,1-3H3,(H,32,36). The average molecular weight is 532 g/mol. The fraction of sp³-hybridized carbons (Fsp3) is 0.400. The van der Waals surface area contributed by atoms with Crippen LogP contribution in [0.25, 0.3) is 16.7 Å². The van der Waals surface area contributed by atoms with E-state index in [0.717, 1.165) is 24.8 Å². The summed E-state index contributed by atoms with van der Waals surface area (Å²) in [5.74, 6) is 0.875. The lowest BCUT2D eigenvalue weighted by atomic mass is 10.1. The number of carbonyl (C=O) groups is 1. The Morgan fingerprint density at radius 3 is 2.54 bits per heavy atom. The number of methoxy groups -OCH3 is 2. The summed E-state index contributed by atoms with van der Waals surface area (Å²) >= 11 is 0. The molecule has 0 saturated heterocycles. The zero-order valence-electron chi connectivity index (χ0n) is 23.0. The van der Waals surface area contributed by atoms with Gasteiger partial charge in [0.1, 0.15) is 16.8 Å². The molecule has 0 spiro atoms. The molecule has 1 aromatic carbocycles. The fourth-order valence-corrected chi connectivity index (χ4v) is 4.78. The van der Waals surface area contributed by atoms with Crippen LogP contribution in [0.15, 0.2) is 53.5 Å². The number of nitrogens with zero attached hydrogens (tertiary/aromatic N) is 3. The van der Waals surface area contributed by atoms with Crippen LogP contribution >= 0.6 is 0 Å². The van der Waals surface area contributed by atoms with Gasteiger partial charge in [-0.05, 0) is 48.7 Å². The van der Waals surface area contributed by atoms with E-state index in [1.54, 1.807) is 37.1 Å². The lowest BCUT2D eigenvalue weighted by molar-refractivity contribution is 0.0951. The van der Waals surface area contributed by atoms with Crippen LogP contribution in [0.5, 0.6) is 11.5 Å². The zero-order valence-corrected chi connectivity index (χ0v) is 23.0. The number of nitrogens with one attached hydrogen (secondary N) is 2. The summed E-state index contributed by atoms with van der Waals surface area (Å²) in [4.78, 5) is 31.4. The molecule has 9 nitrogen and oxygen atoms in total. The van der Waals surface area contributed by atoms with Crippen molar-refractivity contribution in [3.63, 3.8) is 0 Å². The van der Waals surface area contributed by atoms with Gasteiger partial charge in [0.25, 0.3) is 11.5 Å². The minimum atomic E-state index is -0.392. The van der Waals surface area contributed by atoms with Gasteiger partial charge in [0.05, 0.1) is 25.2 Å². The van der Waals surface area contributed by atoms with Crippen LogP contribution in [0.4, 0.5) is 0 Å². The first kappa shape index (κ1) is 27.9. The second kappa shape index (κ2) is 13.1. The number of benzene rings is 1. The van der Waals surface area contributed by atoms with Gasteiger partial charge in [0.2, 0.25) is 0 Å². The van der Waals surface area contributed by atoms with Gasteiger partial charge in [-0.2, -0.15) is 0 Å². The molecule has 2 N–H and O–H groups in total. The summed E-state index contributed by atoms with van der Waals surface area (Å²) in [5, 5.41) is 12.1. The van der Waals surface area contributed by atoms with E-state index >= 15 is 0 Å². The number of hydrogen-bond donors (Lipinski definition) is 2. The highest BCUT2D eigenvalue weighted by Crippen LogP contribution is 2.27. The predicted molar refractivity (Wildman–Crippen MR) is 152 cm³/mol. The van der Waals surface area contributed by atoms with Crippen molar-refractivity contribution in [2.45, 2.75) is 58.4 Å². The number of aromatic nitrogens is 3. The molecule has 0 saturated carbocycles. The Morgan fingerprint density at radius 1 is 1.00 bits per heavy atom. The number of amides is 1. The Kier molecular flexibility index (Phi) is 9.35. The Hall–Kier alpha value is -4.14. The maximum absolute atomic E-state index is 13.4. The summed E-state index contributed by atoms with van der Waals surface area (Å²) in [6.45, 7) is 3.06. The summed E-state index contributed by atoms with van der Waals surface area (Å²) < 4.78 is 13.8. The van der Waals surface area contributed by atoms with Gasteiger partial charge in [-0.25, -0.2) is 4.98 Å². The molecule has 39 heavy (non-hydrogen) atoms. The molecule has 206 valence electrons. The number of rotatable bonds is 13. The number of ether oxygens (including phenoxy) is 2. The normalized spacial score (nSPS) is 11.2. The van der Waals surface area contributed by atoms with Crippen LogP contribution in [0.2, 0.25) is 0 Å². The van der Waals surface area contributed by atoms with Crippen LogP contribution in [0.3, 0.4) is 0 Å². The number of aryl methyl sites for hydroxylation is 1. The van der Waals surface area contributed by atoms with Crippen molar-refractivity contribution in [2.75, 3.05) is 20.8 Å². The maximum atomic E-state index is 13.4. The predicted octanol–water partition coefficient (Wildman–Crippen LogP) is 4.48. The second-order valence-electron chi connectivity index (χ2n) is 9.60. The number of pyridine rings is 2. The molecule has 4 aromatic rings. The number of carbonyl (C=O) groups excluding carboxylic acids is 1. The Morgan fingerprint density at radius 2 is 1.77 bits per heavy atom. The van der Waals surface area contributed by atoms with E-state index in [9.17, 15) is 9.59 Å². The van der Waals surface area contributed by atoms with Crippen molar-refractivity contribution in [2.24, 2.45) is 0 Å². The van der Waals surface area contributed by atoms with Gasteiger partial charge < -0.3 is 19.4 Å². The van der Waals surface area contributed by atoms with E-state index in [4.69, 9.17) is 19.9 Å². The minimum absolute atomic E-state index is 0.0619. The molecule has 3 aromatic heterocycles. The third-order valence-corrected chi connectivity index (χ3v) is 6.95. The molecule has 0 fully saturated rings. The van der Waals surface area contributed by atoms with Crippen LogP contribution in [-0.4, -0.2) is 40.6 Å². The molecular formula is C30H37N5O4. The van der Waals surface area contributed by atoms with Crippen molar-refractivity contribution in [3.05, 3.63) is 75.6 Å². The molecule has 0 aliphatic rings. The van der Waals surface area contributed by atoms with E-state index in [1.807, 2.05) is 24.3 Å². The van der Waals surface area contributed by atoms with Crippen molar-refractivity contribution in [1.82, 2.24) is 19.3 Å². The van der Waals surface area contributed by atoms with Crippen LogP contribution in [0, 0.1) is 5.41 Å². The van der Waals surface area contributed by atoms with E-state index in [1.165, 1.54) is 29.7 Å². The summed E-state index contributed by atoms with van der Waals surface area (Å²) in [5.41, 5.74) is 1.89. The van der Waals surface area contributed by atoms with Crippen molar-refractivity contribution < 1.29 is 14.3 Å². The van der Waals surface area contributed by atoms with E-state index in [-0.39, 0.29) is 16.6 Å². The van der Waals surface area contributed by atoms with Gasteiger partial charge >= 0.3 is 0 Å². The van der Waals surface area contributed by atoms with Gasteiger partial charge in [-0.3, -0.25) is 19.4 Å². The minimum Gasteiger partial charge on any atom is -0.493 e. The topological polar surface area (TPSA) is 111 Å². The van der Waals surface area contributed by atoms with Crippen LogP contribution in [-0.2, 0) is 13.0 Å². The number of hydrogen-bond acceptors (Lipinski definition) is 6. The SMILES string of the molecule is CCCCCCCCn1c(=N)c(C(=O)NCCc2ccc(OC)c(OC)c2)cc2c(=O)n3ccccc3nc21. The van der Waals surface area contributed by atoms with Crippen molar-refractivity contribution >= 4 is 22.6 Å². The molecule has 0 radical (unpaired) electrons.